The summed E-state index contributed by atoms with van der Waals surface area (Å²) in [5.74, 6) is 0.579. The van der Waals surface area contributed by atoms with Gasteiger partial charge in [-0.25, -0.2) is 0 Å². The van der Waals surface area contributed by atoms with Gasteiger partial charge in [0.2, 0.25) is 0 Å². The van der Waals surface area contributed by atoms with Crippen LogP contribution in [0.2, 0.25) is 0 Å². The molecule has 2 N–H and O–H groups in total. The molecule has 0 saturated carbocycles. The number of hydrogen-bond acceptors (Lipinski definition) is 4. The normalized spacial score (nSPS) is 17.5. The van der Waals surface area contributed by atoms with Gasteiger partial charge in [0, 0.05) is 11.4 Å². The van der Waals surface area contributed by atoms with Crippen LogP contribution in [0.3, 0.4) is 0 Å². The van der Waals surface area contributed by atoms with Gasteiger partial charge in [-0.15, -0.1) is 11.3 Å². The van der Waals surface area contributed by atoms with Crippen molar-refractivity contribution in [3.05, 3.63) is 52.2 Å². The molecule has 1 saturated heterocycles. The molecule has 1 aromatic carbocycles. The first kappa shape index (κ1) is 17.0. The van der Waals surface area contributed by atoms with E-state index in [0.717, 1.165) is 19.0 Å². The van der Waals surface area contributed by atoms with Crippen LogP contribution in [0.4, 0.5) is 0 Å². The van der Waals surface area contributed by atoms with Gasteiger partial charge < -0.3 is 10.4 Å². The topological polar surface area (TPSA) is 52.6 Å². The number of hydrogen-bond donors (Lipinski definition) is 2. The first-order valence-electron chi connectivity index (χ1n) is 8.49. The van der Waals surface area contributed by atoms with Gasteiger partial charge in [0.05, 0.1) is 11.6 Å². The molecule has 0 bridgehead atoms. The first-order chi connectivity index (χ1) is 11.6. The van der Waals surface area contributed by atoms with Crippen LogP contribution >= 0.6 is 11.3 Å². The van der Waals surface area contributed by atoms with Crippen molar-refractivity contribution in [2.45, 2.75) is 25.8 Å². The molecule has 1 aliphatic heterocycles. The molecule has 4 nitrogen and oxygen atoms in total. The van der Waals surface area contributed by atoms with E-state index >= 15 is 0 Å². The lowest BCUT2D eigenvalue weighted by molar-refractivity contribution is 0.0912. The number of phenols is 1. The number of carbonyl (C=O) groups excluding carboxylic acids is 1. The van der Waals surface area contributed by atoms with Gasteiger partial charge in [-0.1, -0.05) is 25.1 Å². The van der Waals surface area contributed by atoms with E-state index in [1.165, 1.54) is 23.8 Å². The smallest absolute Gasteiger partial charge is 0.255 e. The summed E-state index contributed by atoms with van der Waals surface area (Å²) in [6, 6.07) is 11.1. The van der Waals surface area contributed by atoms with E-state index in [-0.39, 0.29) is 17.7 Å². The van der Waals surface area contributed by atoms with Crippen molar-refractivity contribution in [2.75, 3.05) is 19.6 Å². The minimum atomic E-state index is -0.222. The maximum Gasteiger partial charge on any atom is 0.255 e. The monoisotopic (exact) mass is 344 g/mol. The summed E-state index contributed by atoms with van der Waals surface area (Å²) in [6.45, 7) is 4.99. The molecule has 1 aromatic heterocycles. The predicted octanol–water partition coefficient (Wildman–Crippen LogP) is 3.66. The molecule has 0 aliphatic carbocycles. The number of para-hydroxylation sites is 1. The molecule has 3 rings (SSSR count). The molecule has 2 aromatic rings. The van der Waals surface area contributed by atoms with Gasteiger partial charge >= 0.3 is 0 Å². The number of aromatic hydroxyl groups is 1. The molecule has 2 heterocycles. The highest BCUT2D eigenvalue weighted by Crippen LogP contribution is 2.29. The average molecular weight is 344 g/mol. The van der Waals surface area contributed by atoms with E-state index in [4.69, 9.17) is 0 Å². The van der Waals surface area contributed by atoms with Crippen LogP contribution in [0.15, 0.2) is 41.8 Å². The second-order valence-electron chi connectivity index (χ2n) is 6.48. The number of benzene rings is 1. The van der Waals surface area contributed by atoms with Crippen molar-refractivity contribution in [1.29, 1.82) is 0 Å². The number of thiophene rings is 1. The summed E-state index contributed by atoms with van der Waals surface area (Å²) >= 11 is 1.73. The standard InChI is InChI=1S/C19H24N2O2S/c1-14-8-10-21(11-9-14)16(18-7-4-12-24-18)13-20-19(23)15-5-2-3-6-17(15)22/h2-7,12,14,16,22H,8-11,13H2,1H3,(H,20,23)/t16-/m1/s1. The Hall–Kier alpha value is -1.85. The van der Waals surface area contributed by atoms with Crippen molar-refractivity contribution in [3.63, 3.8) is 0 Å². The molecular weight excluding hydrogens is 320 g/mol. The van der Waals surface area contributed by atoms with E-state index in [9.17, 15) is 9.90 Å². The van der Waals surface area contributed by atoms with Crippen molar-refractivity contribution < 1.29 is 9.90 Å². The lowest BCUT2D eigenvalue weighted by Crippen LogP contribution is -2.41. The maximum atomic E-state index is 12.4. The highest BCUT2D eigenvalue weighted by atomic mass is 32.1. The van der Waals surface area contributed by atoms with Gasteiger partial charge in [-0.05, 0) is 55.4 Å². The van der Waals surface area contributed by atoms with Crippen molar-refractivity contribution in [2.24, 2.45) is 5.92 Å². The fourth-order valence-electron chi connectivity index (χ4n) is 3.18. The highest BCUT2D eigenvalue weighted by molar-refractivity contribution is 7.10. The zero-order valence-electron chi connectivity index (χ0n) is 13.9. The number of nitrogens with one attached hydrogen (secondary N) is 1. The van der Waals surface area contributed by atoms with E-state index < -0.39 is 0 Å². The highest BCUT2D eigenvalue weighted by Gasteiger charge is 2.26. The van der Waals surface area contributed by atoms with Crippen LogP contribution in [0.5, 0.6) is 5.75 Å². The lowest BCUT2D eigenvalue weighted by atomic mass is 9.97. The van der Waals surface area contributed by atoms with E-state index in [0.29, 0.717) is 12.1 Å². The quantitative estimate of drug-likeness (QED) is 0.870. The molecule has 0 unspecified atom stereocenters. The molecule has 0 radical (unpaired) electrons. The zero-order chi connectivity index (χ0) is 16.9. The number of amides is 1. The third-order valence-electron chi connectivity index (χ3n) is 4.74. The second-order valence-corrected chi connectivity index (χ2v) is 7.46. The van der Waals surface area contributed by atoms with Crippen LogP contribution in [-0.2, 0) is 0 Å². The van der Waals surface area contributed by atoms with Crippen molar-refractivity contribution in [1.82, 2.24) is 10.2 Å². The van der Waals surface area contributed by atoms with Crippen molar-refractivity contribution >= 4 is 17.2 Å². The first-order valence-corrected chi connectivity index (χ1v) is 9.36. The molecule has 1 fully saturated rings. The fourth-order valence-corrected chi connectivity index (χ4v) is 4.04. The molecule has 1 atom stereocenters. The Morgan fingerprint density at radius 3 is 2.71 bits per heavy atom. The van der Waals surface area contributed by atoms with Crippen molar-refractivity contribution in [3.8, 4) is 5.75 Å². The minimum absolute atomic E-state index is 0.0227. The van der Waals surface area contributed by atoms with Gasteiger partial charge in [0.1, 0.15) is 5.75 Å². The summed E-state index contributed by atoms with van der Waals surface area (Å²) in [7, 11) is 0. The molecule has 0 spiro atoms. The van der Waals surface area contributed by atoms with Crippen LogP contribution in [-0.4, -0.2) is 35.5 Å². The number of rotatable bonds is 5. The van der Waals surface area contributed by atoms with Crippen LogP contribution in [0.1, 0.15) is 41.0 Å². The summed E-state index contributed by atoms with van der Waals surface area (Å²) in [4.78, 5) is 16.1. The van der Waals surface area contributed by atoms with Gasteiger partial charge in [0.15, 0.2) is 0 Å². The third-order valence-corrected chi connectivity index (χ3v) is 5.71. The number of piperidine rings is 1. The van der Waals surface area contributed by atoms with E-state index in [1.54, 1.807) is 29.5 Å². The summed E-state index contributed by atoms with van der Waals surface area (Å²) in [5, 5.41) is 14.9. The number of nitrogens with zero attached hydrogens (tertiary/aromatic N) is 1. The number of phenolic OH excluding ortho intramolecular Hbond substituents is 1. The summed E-state index contributed by atoms with van der Waals surface area (Å²) in [5.41, 5.74) is 0.328. The molecule has 24 heavy (non-hydrogen) atoms. The Kier molecular flexibility index (Phi) is 5.53. The zero-order valence-corrected chi connectivity index (χ0v) is 14.8. The molecule has 5 heteroatoms. The molecule has 1 aliphatic rings. The van der Waals surface area contributed by atoms with E-state index in [2.05, 4.69) is 34.7 Å². The van der Waals surface area contributed by atoms with Gasteiger partial charge in [-0.2, -0.15) is 0 Å². The summed E-state index contributed by atoms with van der Waals surface area (Å²) in [6.07, 6.45) is 2.41. The third kappa shape index (κ3) is 3.97. The fraction of sp³-hybridized carbons (Fsp3) is 0.421. The number of carbonyl (C=O) groups is 1. The Morgan fingerprint density at radius 2 is 2.04 bits per heavy atom. The average Bonchev–Trinajstić information content (AvgIpc) is 3.11. The van der Waals surface area contributed by atoms with Crippen LogP contribution < -0.4 is 5.32 Å². The minimum Gasteiger partial charge on any atom is -0.507 e. The number of likely N-dealkylation sites (tertiary alicyclic amines) is 1. The lowest BCUT2D eigenvalue weighted by Gasteiger charge is -2.36. The predicted molar refractivity (Wildman–Crippen MR) is 97.5 cm³/mol. The van der Waals surface area contributed by atoms with Crippen LogP contribution in [0, 0.1) is 5.92 Å². The Morgan fingerprint density at radius 1 is 1.29 bits per heavy atom. The molecular formula is C19H24N2O2S. The SMILES string of the molecule is CC1CCN([C@H](CNC(=O)c2ccccc2O)c2cccs2)CC1. The maximum absolute atomic E-state index is 12.4. The van der Waals surface area contributed by atoms with E-state index in [1.807, 2.05) is 0 Å². The van der Waals surface area contributed by atoms with Crippen LogP contribution in [0.25, 0.3) is 0 Å². The Balaban J connectivity index is 1.68. The Bertz CT molecular complexity index is 664. The molecule has 128 valence electrons. The summed E-state index contributed by atoms with van der Waals surface area (Å²) < 4.78 is 0. The Labute approximate surface area is 147 Å². The van der Waals surface area contributed by atoms with Gasteiger partial charge in [0.25, 0.3) is 5.91 Å². The molecule has 1 amide bonds. The van der Waals surface area contributed by atoms with Gasteiger partial charge in [-0.3, -0.25) is 9.69 Å². The second kappa shape index (κ2) is 7.81. The largest absolute Gasteiger partial charge is 0.507 e.